The second-order valence-electron chi connectivity index (χ2n) is 5.09. The normalized spacial score (nSPS) is 11.0. The maximum atomic E-state index is 12.2. The van der Waals surface area contributed by atoms with Gasteiger partial charge in [0.2, 0.25) is 0 Å². The maximum Gasteiger partial charge on any atom is 0.352 e. The Morgan fingerprint density at radius 3 is 2.15 bits per heavy atom. The van der Waals surface area contributed by atoms with Crippen molar-refractivity contribution < 1.29 is 24.2 Å². The molecule has 2 N–H and O–H groups in total. The van der Waals surface area contributed by atoms with E-state index >= 15 is 0 Å². The molecule has 2 rings (SSSR count). The van der Waals surface area contributed by atoms with Gasteiger partial charge in [-0.05, 0) is 67.8 Å². The number of rotatable bonds is 5. The number of carbonyl (C=O) groups excluding carboxylic acids is 2. The van der Waals surface area contributed by atoms with Crippen LogP contribution in [0.5, 0.6) is 5.75 Å². The molecule has 2 aromatic carbocycles. The molecular formula is C18H13Br2NO5. The van der Waals surface area contributed by atoms with Crippen molar-refractivity contribution >= 4 is 55.8 Å². The van der Waals surface area contributed by atoms with Crippen LogP contribution in [0.1, 0.15) is 22.8 Å². The van der Waals surface area contributed by atoms with Crippen LogP contribution in [0.25, 0.3) is 6.08 Å². The Labute approximate surface area is 166 Å². The molecule has 0 fully saturated rings. The van der Waals surface area contributed by atoms with E-state index in [1.54, 1.807) is 42.5 Å². The molecule has 0 aliphatic carbocycles. The Bertz CT molecular complexity index is 871. The van der Waals surface area contributed by atoms with E-state index in [0.29, 0.717) is 20.1 Å². The zero-order chi connectivity index (χ0) is 19.3. The number of halogens is 2. The van der Waals surface area contributed by atoms with Gasteiger partial charge in [0.1, 0.15) is 5.70 Å². The summed E-state index contributed by atoms with van der Waals surface area (Å²) >= 11 is 6.54. The molecule has 2 aromatic rings. The number of hydrogen-bond donors (Lipinski definition) is 2. The summed E-state index contributed by atoms with van der Waals surface area (Å²) in [6.07, 6.45) is 1.30. The second kappa shape index (κ2) is 8.77. The number of esters is 1. The molecule has 0 heterocycles. The number of benzene rings is 2. The molecule has 0 unspecified atom stereocenters. The molecule has 0 atom stereocenters. The van der Waals surface area contributed by atoms with E-state index in [9.17, 15) is 19.5 Å². The minimum atomic E-state index is -1.29. The summed E-state index contributed by atoms with van der Waals surface area (Å²) in [5, 5.41) is 11.7. The Hall–Kier alpha value is -2.45. The lowest BCUT2D eigenvalue weighted by atomic mass is 10.1. The minimum absolute atomic E-state index is 0.278. The Morgan fingerprint density at radius 2 is 1.65 bits per heavy atom. The van der Waals surface area contributed by atoms with Crippen LogP contribution in [0.15, 0.2) is 57.1 Å². The third kappa shape index (κ3) is 5.27. The Balaban J connectivity index is 2.33. The Morgan fingerprint density at radius 1 is 1.08 bits per heavy atom. The highest BCUT2D eigenvalue weighted by molar-refractivity contribution is 9.11. The summed E-state index contributed by atoms with van der Waals surface area (Å²) in [6, 6.07) is 11.4. The zero-order valence-corrected chi connectivity index (χ0v) is 16.6. The highest BCUT2D eigenvalue weighted by Crippen LogP contribution is 2.35. The molecule has 0 saturated carbocycles. The smallest absolute Gasteiger partial charge is 0.352 e. The van der Waals surface area contributed by atoms with Crippen molar-refractivity contribution in [3.05, 3.63) is 68.2 Å². The number of aliphatic carboxylic acids is 1. The molecule has 0 radical (unpaired) electrons. The van der Waals surface area contributed by atoms with Crippen LogP contribution in [0.2, 0.25) is 0 Å². The average Bonchev–Trinajstić information content (AvgIpc) is 2.58. The molecule has 0 aromatic heterocycles. The molecule has 0 aliphatic rings. The summed E-state index contributed by atoms with van der Waals surface area (Å²) < 4.78 is 5.97. The van der Waals surface area contributed by atoms with E-state index in [0.717, 1.165) is 0 Å². The highest BCUT2D eigenvalue weighted by atomic mass is 79.9. The molecule has 26 heavy (non-hydrogen) atoms. The first-order chi connectivity index (χ1) is 12.3. The topological polar surface area (TPSA) is 92.7 Å². The fraction of sp³-hybridized carbons (Fsp3) is 0.0556. The summed E-state index contributed by atoms with van der Waals surface area (Å²) in [7, 11) is 0. The van der Waals surface area contributed by atoms with Gasteiger partial charge < -0.3 is 15.2 Å². The molecule has 1 amide bonds. The monoisotopic (exact) mass is 481 g/mol. The number of amides is 1. The predicted molar refractivity (Wildman–Crippen MR) is 103 cm³/mol. The lowest BCUT2D eigenvalue weighted by Crippen LogP contribution is -2.27. The van der Waals surface area contributed by atoms with Crippen molar-refractivity contribution in [2.24, 2.45) is 0 Å². The van der Waals surface area contributed by atoms with E-state index in [4.69, 9.17) is 4.74 Å². The van der Waals surface area contributed by atoms with Crippen LogP contribution in [-0.2, 0) is 9.59 Å². The molecule has 0 spiro atoms. The predicted octanol–water partition coefficient (Wildman–Crippen LogP) is 3.99. The van der Waals surface area contributed by atoms with E-state index in [1.807, 2.05) is 0 Å². The van der Waals surface area contributed by atoms with Crippen LogP contribution in [0.3, 0.4) is 0 Å². The maximum absolute atomic E-state index is 12.2. The number of carboxylic acid groups (broad SMARTS) is 1. The number of carboxylic acids is 1. The van der Waals surface area contributed by atoms with Crippen LogP contribution in [0.4, 0.5) is 0 Å². The fourth-order valence-electron chi connectivity index (χ4n) is 2.01. The molecular weight excluding hydrogens is 470 g/mol. The van der Waals surface area contributed by atoms with Crippen molar-refractivity contribution in [2.45, 2.75) is 6.92 Å². The van der Waals surface area contributed by atoms with Gasteiger partial charge in [-0.15, -0.1) is 0 Å². The quantitative estimate of drug-likeness (QED) is 0.382. The summed E-state index contributed by atoms with van der Waals surface area (Å²) in [5.74, 6) is -2.03. The van der Waals surface area contributed by atoms with Gasteiger partial charge in [0.25, 0.3) is 5.91 Å². The summed E-state index contributed by atoms with van der Waals surface area (Å²) in [6.45, 7) is 1.27. The Kier molecular flexibility index (Phi) is 6.70. The average molecular weight is 483 g/mol. The van der Waals surface area contributed by atoms with Crippen LogP contribution < -0.4 is 10.1 Å². The molecule has 0 aliphatic heterocycles. The van der Waals surface area contributed by atoms with Gasteiger partial charge in [-0.1, -0.05) is 18.2 Å². The number of nitrogens with one attached hydrogen (secondary N) is 1. The van der Waals surface area contributed by atoms with E-state index < -0.39 is 17.8 Å². The molecule has 0 saturated heterocycles. The molecule has 0 bridgehead atoms. The SMILES string of the molecule is CC(=O)Oc1c(Br)cc(C=C(NC(=O)c2ccccc2)C(=O)O)cc1Br. The number of ether oxygens (including phenoxy) is 1. The fourth-order valence-corrected chi connectivity index (χ4v) is 3.39. The third-order valence-corrected chi connectivity index (χ3v) is 4.27. The van der Waals surface area contributed by atoms with E-state index in [-0.39, 0.29) is 11.4 Å². The van der Waals surface area contributed by atoms with Gasteiger partial charge in [0.05, 0.1) is 8.95 Å². The van der Waals surface area contributed by atoms with Gasteiger partial charge in [-0.25, -0.2) is 4.79 Å². The number of hydrogen-bond acceptors (Lipinski definition) is 4. The summed E-state index contributed by atoms with van der Waals surface area (Å²) in [4.78, 5) is 34.8. The van der Waals surface area contributed by atoms with Gasteiger partial charge in [0.15, 0.2) is 5.75 Å². The summed E-state index contributed by atoms with van der Waals surface area (Å²) in [5.41, 5.74) is 0.524. The largest absolute Gasteiger partial charge is 0.477 e. The van der Waals surface area contributed by atoms with Crippen molar-refractivity contribution in [1.82, 2.24) is 5.32 Å². The standard InChI is InChI=1S/C18H13Br2NO5/c1-10(22)26-16-13(19)7-11(8-14(16)20)9-15(18(24)25)21-17(23)12-5-3-2-4-6-12/h2-9H,1H3,(H,21,23)(H,24,25). The van der Waals surface area contributed by atoms with Crippen LogP contribution in [-0.4, -0.2) is 23.0 Å². The zero-order valence-electron chi connectivity index (χ0n) is 13.5. The second-order valence-corrected chi connectivity index (χ2v) is 6.80. The lowest BCUT2D eigenvalue weighted by Gasteiger charge is -2.10. The van der Waals surface area contributed by atoms with Crippen molar-refractivity contribution in [3.8, 4) is 5.75 Å². The first-order valence-corrected chi connectivity index (χ1v) is 8.85. The molecule has 8 heteroatoms. The van der Waals surface area contributed by atoms with Crippen LogP contribution >= 0.6 is 31.9 Å². The van der Waals surface area contributed by atoms with Gasteiger partial charge in [-0.2, -0.15) is 0 Å². The third-order valence-electron chi connectivity index (χ3n) is 3.09. The van der Waals surface area contributed by atoms with Crippen molar-refractivity contribution in [2.75, 3.05) is 0 Å². The highest BCUT2D eigenvalue weighted by Gasteiger charge is 2.15. The van der Waals surface area contributed by atoms with Crippen molar-refractivity contribution in [1.29, 1.82) is 0 Å². The van der Waals surface area contributed by atoms with Gasteiger partial charge in [0, 0.05) is 12.5 Å². The molecule has 6 nitrogen and oxygen atoms in total. The van der Waals surface area contributed by atoms with Gasteiger partial charge >= 0.3 is 11.9 Å². The number of carbonyl (C=O) groups is 3. The first kappa shape index (κ1) is 19.9. The minimum Gasteiger partial charge on any atom is -0.477 e. The van der Waals surface area contributed by atoms with Crippen LogP contribution in [0, 0.1) is 0 Å². The first-order valence-electron chi connectivity index (χ1n) is 7.26. The lowest BCUT2D eigenvalue weighted by molar-refractivity contribution is -0.133. The van der Waals surface area contributed by atoms with E-state index in [2.05, 4.69) is 37.2 Å². The van der Waals surface area contributed by atoms with E-state index in [1.165, 1.54) is 13.0 Å². The van der Waals surface area contributed by atoms with Crippen molar-refractivity contribution in [3.63, 3.8) is 0 Å². The molecule has 134 valence electrons. The van der Waals surface area contributed by atoms with Gasteiger partial charge in [-0.3, -0.25) is 9.59 Å².